The second-order valence-corrected chi connectivity index (χ2v) is 5.51. The summed E-state index contributed by atoms with van der Waals surface area (Å²) in [5, 5.41) is 10.3. The van der Waals surface area contributed by atoms with Gasteiger partial charge in [-0.15, -0.1) is 0 Å². The molecule has 1 aromatic carbocycles. The van der Waals surface area contributed by atoms with Crippen molar-refractivity contribution in [2.75, 3.05) is 13.7 Å². The van der Waals surface area contributed by atoms with Gasteiger partial charge in [0.05, 0.1) is 12.7 Å². The lowest BCUT2D eigenvalue weighted by atomic mass is 9.86. The molecular formula is C16H20O6. The predicted molar refractivity (Wildman–Crippen MR) is 75.9 cm³/mol. The summed E-state index contributed by atoms with van der Waals surface area (Å²) in [5.74, 6) is -0.378. The van der Waals surface area contributed by atoms with Gasteiger partial charge in [-0.1, -0.05) is 30.3 Å². The molecular weight excluding hydrogens is 288 g/mol. The monoisotopic (exact) mass is 308 g/mol. The summed E-state index contributed by atoms with van der Waals surface area (Å²) >= 11 is 0. The number of rotatable bonds is 4. The maximum Gasteiger partial charge on any atom is 0.184 e. The molecule has 120 valence electrons. The van der Waals surface area contributed by atoms with E-state index in [1.165, 1.54) is 7.11 Å². The molecule has 6 nitrogen and oxygen atoms in total. The van der Waals surface area contributed by atoms with Crippen LogP contribution in [0.4, 0.5) is 0 Å². The average Bonchev–Trinajstić information content (AvgIpc) is 2.57. The van der Waals surface area contributed by atoms with Gasteiger partial charge in [0.2, 0.25) is 0 Å². The summed E-state index contributed by atoms with van der Waals surface area (Å²) in [6.07, 6.45) is -2.00. The number of hydrogen-bond acceptors (Lipinski definition) is 6. The van der Waals surface area contributed by atoms with Gasteiger partial charge in [-0.3, -0.25) is 0 Å². The normalized spacial score (nSPS) is 38.3. The van der Waals surface area contributed by atoms with Gasteiger partial charge in [0.15, 0.2) is 12.6 Å². The lowest BCUT2D eigenvalue weighted by molar-refractivity contribution is -0.350. The lowest BCUT2D eigenvalue weighted by Crippen LogP contribution is -2.59. The fraction of sp³-hybridized carbons (Fsp3) is 0.562. The molecule has 0 spiro atoms. The largest absolute Gasteiger partial charge is 0.387 e. The van der Waals surface area contributed by atoms with E-state index in [9.17, 15) is 9.90 Å². The van der Waals surface area contributed by atoms with Gasteiger partial charge in [-0.05, 0) is 0 Å². The first-order valence-corrected chi connectivity index (χ1v) is 7.36. The van der Waals surface area contributed by atoms with E-state index >= 15 is 0 Å². The van der Waals surface area contributed by atoms with Crippen molar-refractivity contribution in [3.8, 4) is 0 Å². The van der Waals surface area contributed by atoms with E-state index in [2.05, 4.69) is 0 Å². The molecule has 0 unspecified atom stereocenters. The van der Waals surface area contributed by atoms with Gasteiger partial charge in [0.25, 0.3) is 0 Å². The van der Waals surface area contributed by atoms with E-state index in [4.69, 9.17) is 18.9 Å². The number of hydrogen-bond donors (Lipinski definition) is 1. The number of carbonyl (C=O) groups excluding carboxylic acids is 1. The first kappa shape index (κ1) is 15.6. The molecule has 6 atom stereocenters. The highest BCUT2D eigenvalue weighted by Gasteiger charge is 2.49. The zero-order valence-corrected chi connectivity index (χ0v) is 12.3. The number of fused-ring (bicyclic) bond motifs is 1. The summed E-state index contributed by atoms with van der Waals surface area (Å²) < 4.78 is 22.5. The lowest BCUT2D eigenvalue weighted by Gasteiger charge is -2.47. The van der Waals surface area contributed by atoms with E-state index in [-0.39, 0.29) is 18.4 Å². The molecule has 2 saturated heterocycles. The Balaban J connectivity index is 1.79. The van der Waals surface area contributed by atoms with Crippen LogP contribution in [0.1, 0.15) is 18.3 Å². The molecule has 2 heterocycles. The highest BCUT2D eigenvalue weighted by Crippen LogP contribution is 2.38. The quantitative estimate of drug-likeness (QED) is 0.838. The fourth-order valence-electron chi connectivity index (χ4n) is 3.05. The van der Waals surface area contributed by atoms with Crippen molar-refractivity contribution in [2.24, 2.45) is 5.92 Å². The molecule has 3 rings (SSSR count). The zero-order valence-electron chi connectivity index (χ0n) is 12.3. The van der Waals surface area contributed by atoms with Crippen LogP contribution < -0.4 is 0 Å². The van der Waals surface area contributed by atoms with Crippen LogP contribution in [-0.2, 0) is 23.7 Å². The minimum atomic E-state index is -0.911. The first-order valence-electron chi connectivity index (χ1n) is 7.36. The van der Waals surface area contributed by atoms with Crippen molar-refractivity contribution in [3.05, 3.63) is 35.9 Å². The van der Waals surface area contributed by atoms with Gasteiger partial charge in [0, 0.05) is 25.0 Å². The van der Waals surface area contributed by atoms with Crippen LogP contribution in [-0.4, -0.2) is 49.7 Å². The zero-order chi connectivity index (χ0) is 15.5. The van der Waals surface area contributed by atoms with Gasteiger partial charge >= 0.3 is 0 Å². The Morgan fingerprint density at radius 2 is 2.09 bits per heavy atom. The van der Waals surface area contributed by atoms with Crippen LogP contribution in [0, 0.1) is 5.92 Å². The van der Waals surface area contributed by atoms with Crippen LogP contribution >= 0.6 is 0 Å². The molecule has 2 fully saturated rings. The third-order valence-electron chi connectivity index (χ3n) is 4.18. The molecule has 0 aromatic heterocycles. The summed E-state index contributed by atoms with van der Waals surface area (Å²) in [5.41, 5.74) is 0.897. The van der Waals surface area contributed by atoms with Gasteiger partial charge in [0.1, 0.15) is 18.5 Å². The van der Waals surface area contributed by atoms with E-state index in [1.807, 2.05) is 30.3 Å². The number of benzene rings is 1. The number of ether oxygens (including phenoxy) is 4. The molecule has 1 N–H and O–H groups in total. The Bertz CT molecular complexity index is 493. The topological polar surface area (TPSA) is 74.2 Å². The molecule has 2 aliphatic rings. The molecule has 1 aromatic rings. The molecule has 6 heteroatoms. The van der Waals surface area contributed by atoms with Crippen molar-refractivity contribution in [2.45, 2.75) is 37.3 Å². The molecule has 0 saturated carbocycles. The second-order valence-electron chi connectivity index (χ2n) is 5.51. The van der Waals surface area contributed by atoms with Crippen LogP contribution in [0.5, 0.6) is 0 Å². The van der Waals surface area contributed by atoms with Gasteiger partial charge < -0.3 is 28.8 Å². The first-order chi connectivity index (χ1) is 10.7. The van der Waals surface area contributed by atoms with E-state index in [0.717, 1.165) is 11.8 Å². The molecule has 22 heavy (non-hydrogen) atoms. The summed E-state index contributed by atoms with van der Waals surface area (Å²) in [6, 6.07) is 9.56. The minimum absolute atomic E-state index is 0.188. The Hall–Kier alpha value is -1.31. The summed E-state index contributed by atoms with van der Waals surface area (Å²) in [6.45, 7) is 0.326. The average molecular weight is 308 g/mol. The van der Waals surface area contributed by atoms with Crippen LogP contribution in [0.3, 0.4) is 0 Å². The van der Waals surface area contributed by atoms with Crippen LogP contribution in [0.15, 0.2) is 30.3 Å². The maximum absolute atomic E-state index is 11.0. The number of aldehydes is 1. The van der Waals surface area contributed by atoms with E-state index in [1.54, 1.807) is 0 Å². The molecule has 0 aliphatic carbocycles. The third-order valence-corrected chi connectivity index (χ3v) is 4.18. The molecule has 0 amide bonds. The second kappa shape index (κ2) is 6.85. The number of carbonyl (C=O) groups is 1. The Morgan fingerprint density at radius 1 is 1.32 bits per heavy atom. The highest BCUT2D eigenvalue weighted by molar-refractivity contribution is 5.50. The van der Waals surface area contributed by atoms with Crippen molar-refractivity contribution in [1.29, 1.82) is 0 Å². The van der Waals surface area contributed by atoms with Gasteiger partial charge in [-0.2, -0.15) is 0 Å². The number of methoxy groups -OCH3 is 1. The number of aliphatic hydroxyl groups is 1. The minimum Gasteiger partial charge on any atom is -0.387 e. The van der Waals surface area contributed by atoms with Crippen LogP contribution in [0.2, 0.25) is 0 Å². The Morgan fingerprint density at radius 3 is 2.77 bits per heavy atom. The van der Waals surface area contributed by atoms with Crippen molar-refractivity contribution >= 4 is 6.29 Å². The highest BCUT2D eigenvalue weighted by atomic mass is 16.7. The predicted octanol–water partition coefficient (Wildman–Crippen LogP) is 1.04. The van der Waals surface area contributed by atoms with E-state index < -0.39 is 24.8 Å². The van der Waals surface area contributed by atoms with Crippen molar-refractivity contribution < 1.29 is 28.8 Å². The number of aliphatic hydroxyl groups excluding tert-OH is 1. The summed E-state index contributed by atoms with van der Waals surface area (Å²) in [7, 11) is 1.46. The van der Waals surface area contributed by atoms with Crippen LogP contribution in [0.25, 0.3) is 0 Å². The summed E-state index contributed by atoms with van der Waals surface area (Å²) in [4.78, 5) is 11.0. The van der Waals surface area contributed by atoms with E-state index in [0.29, 0.717) is 6.61 Å². The third kappa shape index (κ3) is 2.93. The molecule has 2 aliphatic heterocycles. The Kier molecular flexibility index (Phi) is 4.85. The van der Waals surface area contributed by atoms with Gasteiger partial charge in [-0.25, -0.2) is 0 Å². The fourth-order valence-corrected chi connectivity index (χ4v) is 3.05. The van der Waals surface area contributed by atoms with Crippen molar-refractivity contribution in [3.63, 3.8) is 0 Å². The molecule has 0 bridgehead atoms. The van der Waals surface area contributed by atoms with Crippen molar-refractivity contribution in [1.82, 2.24) is 0 Å². The Labute approximate surface area is 128 Å². The standard InChI is InChI=1S/C16H20O6/c1-19-16-13(18)11(7-8-17)14-12(21-16)9-20-15(22-14)10-5-3-2-4-6-10/h2-6,8,11-16,18H,7,9H2,1H3/t11-,12-,13-,14+,15-,16+/m1/s1. The molecule has 0 radical (unpaired) electrons. The maximum atomic E-state index is 11.0. The smallest absolute Gasteiger partial charge is 0.184 e. The SMILES string of the molecule is CO[C@H]1O[C@@H]2CO[C@@H](c3ccccc3)O[C@H]2[C@H](CC=O)[C@H]1O.